The zero-order chi connectivity index (χ0) is 17.9. The van der Waals surface area contributed by atoms with Crippen LogP contribution in [0.2, 0.25) is 0 Å². The van der Waals surface area contributed by atoms with E-state index in [0.29, 0.717) is 11.0 Å². The minimum atomic E-state index is -0.591. The van der Waals surface area contributed by atoms with Crippen molar-refractivity contribution in [2.45, 2.75) is 39.5 Å². The second kappa shape index (κ2) is 10.8. The molecule has 0 aromatic heterocycles. The lowest BCUT2D eigenvalue weighted by Gasteiger charge is -2.15. The quantitative estimate of drug-likeness (QED) is 0.380. The van der Waals surface area contributed by atoms with Crippen LogP contribution in [-0.2, 0) is 0 Å². The van der Waals surface area contributed by atoms with Crippen molar-refractivity contribution in [3.63, 3.8) is 0 Å². The number of benzene rings is 1. The number of nitrogens with one attached hydrogen (secondary N) is 3. The largest absolute Gasteiger partial charge is 0.494 e. The van der Waals surface area contributed by atoms with Crippen molar-refractivity contribution >= 4 is 23.2 Å². The number of hydrogen-bond donors (Lipinski definition) is 3. The fourth-order valence-corrected chi connectivity index (χ4v) is 2.28. The molecule has 0 radical (unpaired) electrons. The molecule has 134 valence electrons. The van der Waals surface area contributed by atoms with E-state index in [9.17, 15) is 9.18 Å². The second-order valence-corrected chi connectivity index (χ2v) is 6.15. The summed E-state index contributed by atoms with van der Waals surface area (Å²) in [5.41, 5.74) is 5.24. The number of ether oxygens (including phenoxy) is 1. The molecule has 1 atom stereocenters. The summed E-state index contributed by atoms with van der Waals surface area (Å²) in [4.78, 5) is 11.9. The molecule has 3 N–H and O–H groups in total. The summed E-state index contributed by atoms with van der Waals surface area (Å²) < 4.78 is 18.4. The van der Waals surface area contributed by atoms with Crippen LogP contribution in [0, 0.1) is 11.7 Å². The summed E-state index contributed by atoms with van der Waals surface area (Å²) in [6, 6.07) is 3.99. The maximum atomic E-state index is 13.6. The van der Waals surface area contributed by atoms with Gasteiger partial charge in [-0.25, -0.2) is 4.39 Å². The Kier molecular flexibility index (Phi) is 9.07. The van der Waals surface area contributed by atoms with Crippen LogP contribution in [0.25, 0.3) is 0 Å². The third kappa shape index (κ3) is 7.12. The smallest absolute Gasteiger partial charge is 0.269 e. The van der Waals surface area contributed by atoms with E-state index in [1.807, 2.05) is 0 Å². The number of hydrogen-bond acceptors (Lipinski definition) is 3. The van der Waals surface area contributed by atoms with E-state index in [4.69, 9.17) is 17.0 Å². The Morgan fingerprint density at radius 2 is 2.08 bits per heavy atom. The first kappa shape index (κ1) is 20.2. The van der Waals surface area contributed by atoms with E-state index < -0.39 is 11.7 Å². The van der Waals surface area contributed by atoms with Gasteiger partial charge in [0.05, 0.1) is 7.11 Å². The normalized spacial score (nSPS) is 11.5. The van der Waals surface area contributed by atoms with E-state index in [1.165, 1.54) is 38.5 Å². The van der Waals surface area contributed by atoms with E-state index in [0.717, 1.165) is 19.0 Å². The molecule has 1 aromatic rings. The van der Waals surface area contributed by atoms with Crippen LogP contribution in [0.15, 0.2) is 18.2 Å². The summed E-state index contributed by atoms with van der Waals surface area (Å²) in [7, 11) is 1.37. The molecule has 0 aliphatic carbocycles. The van der Waals surface area contributed by atoms with Crippen LogP contribution >= 0.6 is 12.2 Å². The topological polar surface area (TPSA) is 62.4 Å². The molecule has 24 heavy (non-hydrogen) atoms. The Morgan fingerprint density at radius 3 is 2.71 bits per heavy atom. The van der Waals surface area contributed by atoms with Crippen molar-refractivity contribution in [3.05, 3.63) is 29.6 Å². The fraction of sp³-hybridized carbons (Fsp3) is 0.529. The van der Waals surface area contributed by atoms with Gasteiger partial charge in [-0.1, -0.05) is 33.1 Å². The van der Waals surface area contributed by atoms with Gasteiger partial charge in [-0.15, -0.1) is 0 Å². The average molecular weight is 355 g/mol. The molecular weight excluding hydrogens is 329 g/mol. The molecule has 0 saturated heterocycles. The maximum Gasteiger partial charge on any atom is 0.269 e. The minimum Gasteiger partial charge on any atom is -0.494 e. The minimum absolute atomic E-state index is 0.0914. The summed E-state index contributed by atoms with van der Waals surface area (Å²) in [6.45, 7) is 5.08. The predicted molar refractivity (Wildman–Crippen MR) is 97.5 cm³/mol. The van der Waals surface area contributed by atoms with E-state index >= 15 is 0 Å². The molecule has 1 amide bonds. The van der Waals surface area contributed by atoms with Gasteiger partial charge >= 0.3 is 0 Å². The van der Waals surface area contributed by atoms with Crippen molar-refractivity contribution in [1.29, 1.82) is 0 Å². The summed E-state index contributed by atoms with van der Waals surface area (Å²) in [5.74, 6) is -0.472. The monoisotopic (exact) mass is 355 g/mol. The lowest BCUT2D eigenvalue weighted by molar-refractivity contribution is 0.0943. The Bertz CT molecular complexity index is 555. The molecular formula is C17H26FN3O2S. The zero-order valence-corrected chi connectivity index (χ0v) is 15.3. The van der Waals surface area contributed by atoms with Crippen molar-refractivity contribution in [3.8, 4) is 5.75 Å². The lowest BCUT2D eigenvalue weighted by atomic mass is 10.0. The highest BCUT2D eigenvalue weighted by atomic mass is 32.1. The number of carbonyl (C=O) groups excluding carboxylic acids is 1. The molecule has 1 rings (SSSR count). The van der Waals surface area contributed by atoms with Crippen molar-refractivity contribution in [2.75, 3.05) is 13.7 Å². The van der Waals surface area contributed by atoms with Crippen LogP contribution in [-0.4, -0.2) is 24.7 Å². The molecule has 0 aliphatic rings. The molecule has 0 fully saturated rings. The average Bonchev–Trinajstić information content (AvgIpc) is 2.58. The Labute approximate surface area is 148 Å². The first-order valence-electron chi connectivity index (χ1n) is 8.15. The van der Waals surface area contributed by atoms with Gasteiger partial charge in [0.15, 0.2) is 16.7 Å². The third-order valence-corrected chi connectivity index (χ3v) is 3.86. The number of methoxy groups -OCH3 is 1. The van der Waals surface area contributed by atoms with E-state index in [1.54, 1.807) is 0 Å². The Hall–Kier alpha value is -1.89. The van der Waals surface area contributed by atoms with Crippen LogP contribution in [0.1, 0.15) is 49.9 Å². The number of unbranched alkanes of at least 4 members (excludes halogenated alkanes) is 2. The van der Waals surface area contributed by atoms with Gasteiger partial charge in [-0.05, 0) is 42.8 Å². The van der Waals surface area contributed by atoms with Gasteiger partial charge in [0.2, 0.25) is 0 Å². The molecule has 1 aromatic carbocycles. The second-order valence-electron chi connectivity index (χ2n) is 5.74. The summed E-state index contributed by atoms with van der Waals surface area (Å²) in [6.07, 6.45) is 4.79. The van der Waals surface area contributed by atoms with Gasteiger partial charge in [0, 0.05) is 12.1 Å². The standard InChI is InChI=1S/C17H26FN3O2S/c1-4-5-6-7-12(2)11-19-17(24)21-20-16(22)13-8-9-15(23-3)14(18)10-13/h8-10,12H,4-7,11H2,1-3H3,(H,20,22)(H2,19,21,24)/t12-/m0/s1. The SMILES string of the molecule is CCCCC[C@H](C)CNC(=S)NNC(=O)c1ccc(OC)c(F)c1. The van der Waals surface area contributed by atoms with Gasteiger partial charge in [0.1, 0.15) is 0 Å². The van der Waals surface area contributed by atoms with Gasteiger partial charge in [0.25, 0.3) is 5.91 Å². The first-order chi connectivity index (χ1) is 11.5. The lowest BCUT2D eigenvalue weighted by Crippen LogP contribution is -2.47. The maximum absolute atomic E-state index is 13.6. The number of amides is 1. The van der Waals surface area contributed by atoms with Crippen molar-refractivity contribution in [2.24, 2.45) is 5.92 Å². The highest BCUT2D eigenvalue weighted by Gasteiger charge is 2.10. The highest BCUT2D eigenvalue weighted by molar-refractivity contribution is 7.80. The number of rotatable bonds is 8. The van der Waals surface area contributed by atoms with Gasteiger partial charge in [-0.3, -0.25) is 15.6 Å². The molecule has 0 spiro atoms. The number of hydrazine groups is 1. The number of carbonyl (C=O) groups is 1. The zero-order valence-electron chi connectivity index (χ0n) is 14.4. The van der Waals surface area contributed by atoms with Gasteiger partial charge < -0.3 is 10.1 Å². The van der Waals surface area contributed by atoms with Crippen LogP contribution in [0.4, 0.5) is 4.39 Å². The predicted octanol–water partition coefficient (Wildman–Crippen LogP) is 3.16. The van der Waals surface area contributed by atoms with Crippen LogP contribution in [0.5, 0.6) is 5.75 Å². The number of thiocarbonyl (C=S) groups is 1. The third-order valence-electron chi connectivity index (χ3n) is 3.62. The Morgan fingerprint density at radius 1 is 1.33 bits per heavy atom. The highest BCUT2D eigenvalue weighted by Crippen LogP contribution is 2.17. The summed E-state index contributed by atoms with van der Waals surface area (Å²) in [5, 5.41) is 3.39. The van der Waals surface area contributed by atoms with Crippen molar-refractivity contribution < 1.29 is 13.9 Å². The summed E-state index contributed by atoms with van der Waals surface area (Å²) >= 11 is 5.11. The molecule has 0 saturated carbocycles. The van der Waals surface area contributed by atoms with E-state index in [2.05, 4.69) is 30.0 Å². The molecule has 0 bridgehead atoms. The van der Waals surface area contributed by atoms with Gasteiger partial charge in [-0.2, -0.15) is 0 Å². The molecule has 0 heterocycles. The van der Waals surface area contributed by atoms with E-state index in [-0.39, 0.29) is 11.3 Å². The molecule has 5 nitrogen and oxygen atoms in total. The fourth-order valence-electron chi connectivity index (χ4n) is 2.15. The number of halogens is 1. The molecule has 0 unspecified atom stereocenters. The van der Waals surface area contributed by atoms with Crippen LogP contribution < -0.4 is 20.9 Å². The Balaban J connectivity index is 2.33. The molecule has 0 aliphatic heterocycles. The van der Waals surface area contributed by atoms with Crippen molar-refractivity contribution in [1.82, 2.24) is 16.2 Å². The van der Waals surface area contributed by atoms with Crippen LogP contribution in [0.3, 0.4) is 0 Å². The molecule has 7 heteroatoms. The first-order valence-corrected chi connectivity index (χ1v) is 8.56.